The van der Waals surface area contributed by atoms with Crippen molar-refractivity contribution in [3.8, 4) is 5.75 Å². The molecule has 0 bridgehead atoms. The number of benzene rings is 3. The van der Waals surface area contributed by atoms with Gasteiger partial charge in [-0.3, -0.25) is 14.4 Å². The molecule has 3 rings (SSSR count). The summed E-state index contributed by atoms with van der Waals surface area (Å²) in [6, 6.07) is 20.9. The lowest BCUT2D eigenvalue weighted by molar-refractivity contribution is -0.122. The first-order chi connectivity index (χ1) is 15.9. The number of nitrogens with one attached hydrogen (secondary N) is 3. The number of hydrogen-bond acceptors (Lipinski definition) is 4. The molecule has 0 aliphatic rings. The predicted octanol–water partition coefficient (Wildman–Crippen LogP) is 3.39. The predicted molar refractivity (Wildman–Crippen MR) is 123 cm³/mol. The lowest BCUT2D eigenvalue weighted by atomic mass is 10.2. The number of anilines is 1. The van der Waals surface area contributed by atoms with Crippen LogP contribution in [-0.4, -0.2) is 36.9 Å². The molecule has 3 amide bonds. The highest BCUT2D eigenvalue weighted by Crippen LogP contribution is 2.18. The fraction of sp³-hybridized carbons (Fsp3) is 0.160. The second-order valence-electron chi connectivity index (χ2n) is 7.13. The van der Waals surface area contributed by atoms with Crippen LogP contribution in [0.3, 0.4) is 0 Å². The van der Waals surface area contributed by atoms with Crippen molar-refractivity contribution in [2.24, 2.45) is 0 Å². The summed E-state index contributed by atoms with van der Waals surface area (Å²) in [5.41, 5.74) is 1.42. The van der Waals surface area contributed by atoms with Gasteiger partial charge in [0.25, 0.3) is 17.7 Å². The van der Waals surface area contributed by atoms with Crippen LogP contribution in [0.2, 0.25) is 0 Å². The van der Waals surface area contributed by atoms with E-state index in [0.717, 1.165) is 0 Å². The third-order valence-electron chi connectivity index (χ3n) is 4.66. The van der Waals surface area contributed by atoms with Crippen molar-refractivity contribution in [2.45, 2.75) is 13.0 Å². The Hall–Kier alpha value is -4.20. The molecule has 3 N–H and O–H groups in total. The summed E-state index contributed by atoms with van der Waals surface area (Å²) >= 11 is 0. The molecule has 1 unspecified atom stereocenters. The molecule has 0 saturated heterocycles. The first-order valence-corrected chi connectivity index (χ1v) is 10.4. The average molecular weight is 449 g/mol. The number of amides is 3. The quantitative estimate of drug-likeness (QED) is 0.436. The van der Waals surface area contributed by atoms with Crippen molar-refractivity contribution in [1.29, 1.82) is 0 Å². The van der Waals surface area contributed by atoms with Crippen molar-refractivity contribution in [3.63, 3.8) is 0 Å². The number of carbonyl (C=O) groups is 3. The normalized spacial score (nSPS) is 11.2. The fourth-order valence-electron chi connectivity index (χ4n) is 2.88. The molecule has 0 aliphatic carbocycles. The first-order valence-electron chi connectivity index (χ1n) is 10.4. The summed E-state index contributed by atoms with van der Waals surface area (Å²) in [6.45, 7) is 2.06. The van der Waals surface area contributed by atoms with Gasteiger partial charge in [0, 0.05) is 29.9 Å². The van der Waals surface area contributed by atoms with Crippen LogP contribution in [0.4, 0.5) is 10.1 Å². The molecule has 3 aromatic rings. The largest absolute Gasteiger partial charge is 0.478 e. The van der Waals surface area contributed by atoms with Crippen molar-refractivity contribution in [2.75, 3.05) is 18.4 Å². The molecule has 7 nitrogen and oxygen atoms in total. The van der Waals surface area contributed by atoms with Gasteiger partial charge in [-0.2, -0.15) is 0 Å². The molecule has 0 aromatic heterocycles. The zero-order valence-electron chi connectivity index (χ0n) is 18.0. The Morgan fingerprint density at radius 2 is 1.33 bits per heavy atom. The molecule has 33 heavy (non-hydrogen) atoms. The van der Waals surface area contributed by atoms with Gasteiger partial charge in [0.05, 0.1) is 0 Å². The molecule has 0 spiro atoms. The molecular weight excluding hydrogens is 425 g/mol. The summed E-state index contributed by atoms with van der Waals surface area (Å²) in [5, 5.41) is 8.11. The number of hydrogen-bond donors (Lipinski definition) is 3. The van der Waals surface area contributed by atoms with Crippen molar-refractivity contribution >= 4 is 23.4 Å². The minimum atomic E-state index is -0.920. The van der Waals surface area contributed by atoms with E-state index >= 15 is 0 Å². The second-order valence-corrected chi connectivity index (χ2v) is 7.13. The van der Waals surface area contributed by atoms with Crippen LogP contribution >= 0.6 is 0 Å². The van der Waals surface area contributed by atoms with Crippen LogP contribution in [0.1, 0.15) is 27.6 Å². The van der Waals surface area contributed by atoms with E-state index in [1.54, 1.807) is 54.6 Å². The van der Waals surface area contributed by atoms with Crippen LogP contribution in [0.5, 0.6) is 5.75 Å². The second kappa shape index (κ2) is 11.4. The van der Waals surface area contributed by atoms with Gasteiger partial charge in [0.2, 0.25) is 0 Å². The molecule has 0 heterocycles. The van der Waals surface area contributed by atoms with Gasteiger partial charge in [0.15, 0.2) is 17.7 Å². The fourth-order valence-corrected chi connectivity index (χ4v) is 2.88. The van der Waals surface area contributed by atoms with Gasteiger partial charge < -0.3 is 20.7 Å². The van der Waals surface area contributed by atoms with E-state index in [1.165, 1.54) is 25.1 Å². The standard InChI is InChI=1S/C25H24FN3O4/c1-17(33-22-10-6-5-9-21(22)26)23(30)29-20-13-11-19(12-14-20)25(32)28-16-15-27-24(31)18-7-3-2-4-8-18/h2-14,17H,15-16H2,1H3,(H,27,31)(H,28,32)(H,29,30). The average Bonchev–Trinajstić information content (AvgIpc) is 2.84. The minimum Gasteiger partial charge on any atom is -0.478 e. The molecule has 1 atom stereocenters. The van der Waals surface area contributed by atoms with Crippen molar-refractivity contribution < 1.29 is 23.5 Å². The van der Waals surface area contributed by atoms with Gasteiger partial charge in [-0.1, -0.05) is 30.3 Å². The number of carbonyl (C=O) groups excluding carboxylic acids is 3. The molecule has 0 fully saturated rings. The number of halogens is 1. The van der Waals surface area contributed by atoms with Gasteiger partial charge in [0.1, 0.15) is 0 Å². The smallest absolute Gasteiger partial charge is 0.265 e. The summed E-state index contributed by atoms with van der Waals surface area (Å²) < 4.78 is 19.0. The van der Waals surface area contributed by atoms with Crippen LogP contribution in [0, 0.1) is 5.82 Å². The van der Waals surface area contributed by atoms with E-state index < -0.39 is 17.8 Å². The van der Waals surface area contributed by atoms with E-state index in [2.05, 4.69) is 16.0 Å². The summed E-state index contributed by atoms with van der Waals surface area (Å²) in [6.07, 6.45) is -0.920. The molecule has 0 saturated carbocycles. The topological polar surface area (TPSA) is 96.5 Å². The highest BCUT2D eigenvalue weighted by molar-refractivity contribution is 5.97. The van der Waals surface area contributed by atoms with Gasteiger partial charge in [-0.05, 0) is 55.5 Å². The molecular formula is C25H24FN3O4. The number of para-hydroxylation sites is 1. The zero-order valence-corrected chi connectivity index (χ0v) is 18.0. The summed E-state index contributed by atoms with van der Waals surface area (Å²) in [5.74, 6) is -1.53. The van der Waals surface area contributed by atoms with Crippen LogP contribution in [0.15, 0.2) is 78.9 Å². The first kappa shape index (κ1) is 23.5. The Morgan fingerprint density at radius 3 is 1.94 bits per heavy atom. The monoisotopic (exact) mass is 449 g/mol. The molecule has 0 aliphatic heterocycles. The van der Waals surface area contributed by atoms with Gasteiger partial charge in [-0.25, -0.2) is 4.39 Å². The highest BCUT2D eigenvalue weighted by atomic mass is 19.1. The molecule has 8 heteroatoms. The minimum absolute atomic E-state index is 0.00729. The Balaban J connectivity index is 1.43. The van der Waals surface area contributed by atoms with E-state index in [0.29, 0.717) is 16.8 Å². The lowest BCUT2D eigenvalue weighted by Gasteiger charge is -2.15. The summed E-state index contributed by atoms with van der Waals surface area (Å²) in [7, 11) is 0. The summed E-state index contributed by atoms with van der Waals surface area (Å²) in [4.78, 5) is 36.5. The van der Waals surface area contributed by atoms with Crippen LogP contribution in [0.25, 0.3) is 0 Å². The Labute approximate surface area is 191 Å². The van der Waals surface area contributed by atoms with E-state index in [-0.39, 0.29) is 30.7 Å². The highest BCUT2D eigenvalue weighted by Gasteiger charge is 2.17. The van der Waals surface area contributed by atoms with E-state index in [9.17, 15) is 18.8 Å². The maximum Gasteiger partial charge on any atom is 0.265 e. The number of rotatable bonds is 9. The van der Waals surface area contributed by atoms with Gasteiger partial charge in [-0.15, -0.1) is 0 Å². The third-order valence-corrected chi connectivity index (χ3v) is 4.66. The van der Waals surface area contributed by atoms with Gasteiger partial charge >= 0.3 is 0 Å². The molecule has 3 aromatic carbocycles. The Morgan fingerprint density at radius 1 is 0.788 bits per heavy atom. The Kier molecular flexibility index (Phi) is 8.13. The lowest BCUT2D eigenvalue weighted by Crippen LogP contribution is -2.34. The van der Waals surface area contributed by atoms with E-state index in [1.807, 2.05) is 6.07 Å². The third kappa shape index (κ3) is 6.90. The van der Waals surface area contributed by atoms with Crippen LogP contribution in [-0.2, 0) is 4.79 Å². The molecule has 170 valence electrons. The van der Waals surface area contributed by atoms with Crippen LogP contribution < -0.4 is 20.7 Å². The Bertz CT molecular complexity index is 1100. The maximum atomic E-state index is 13.7. The van der Waals surface area contributed by atoms with E-state index in [4.69, 9.17) is 4.74 Å². The van der Waals surface area contributed by atoms with Crippen molar-refractivity contribution in [3.05, 3.63) is 95.8 Å². The molecule has 0 radical (unpaired) electrons. The van der Waals surface area contributed by atoms with Crippen molar-refractivity contribution in [1.82, 2.24) is 10.6 Å². The SMILES string of the molecule is CC(Oc1ccccc1F)C(=O)Nc1ccc(C(=O)NCCNC(=O)c2ccccc2)cc1. The number of ether oxygens (including phenoxy) is 1. The maximum absolute atomic E-state index is 13.7. The zero-order chi connectivity index (χ0) is 23.6.